The second kappa shape index (κ2) is 9.02. The molecule has 4 aromatic rings. The van der Waals surface area contributed by atoms with Gasteiger partial charge in [0, 0.05) is 18.5 Å². The molecule has 1 aliphatic heterocycles. The Balaban J connectivity index is 1.42. The molecule has 2 aromatic carbocycles. The number of amides is 1. The SMILES string of the molecule is CCOC(=O)C1CCN(C(=O)C(C)Sc2nc3ccccc3c3nc4ccccc4n23)CC1. The molecule has 2 aromatic heterocycles. The van der Waals surface area contributed by atoms with Gasteiger partial charge in [-0.2, -0.15) is 0 Å². The zero-order chi connectivity index (χ0) is 22.9. The van der Waals surface area contributed by atoms with Crippen molar-refractivity contribution >= 4 is 51.2 Å². The summed E-state index contributed by atoms with van der Waals surface area (Å²) in [6.45, 7) is 5.27. The number of para-hydroxylation sites is 3. The number of hydrogen-bond acceptors (Lipinski definition) is 6. The predicted molar refractivity (Wildman–Crippen MR) is 129 cm³/mol. The van der Waals surface area contributed by atoms with Crippen molar-refractivity contribution in [2.75, 3.05) is 19.7 Å². The van der Waals surface area contributed by atoms with Gasteiger partial charge in [-0.3, -0.25) is 14.0 Å². The highest BCUT2D eigenvalue weighted by Crippen LogP contribution is 2.32. The fourth-order valence-corrected chi connectivity index (χ4v) is 5.46. The number of imidazole rings is 1. The predicted octanol–water partition coefficient (Wildman–Crippen LogP) is 4.32. The Morgan fingerprint density at radius 2 is 1.76 bits per heavy atom. The quantitative estimate of drug-likeness (QED) is 0.250. The maximum Gasteiger partial charge on any atom is 0.309 e. The van der Waals surface area contributed by atoms with Crippen molar-refractivity contribution in [2.24, 2.45) is 5.92 Å². The zero-order valence-corrected chi connectivity index (χ0v) is 19.5. The van der Waals surface area contributed by atoms with Crippen molar-refractivity contribution in [1.29, 1.82) is 0 Å². The lowest BCUT2D eigenvalue weighted by Crippen LogP contribution is -2.43. The first kappa shape index (κ1) is 21.7. The number of thioether (sulfide) groups is 1. The zero-order valence-electron chi connectivity index (χ0n) is 18.7. The number of esters is 1. The molecule has 1 fully saturated rings. The molecule has 1 aliphatic rings. The van der Waals surface area contributed by atoms with Gasteiger partial charge in [0.2, 0.25) is 5.91 Å². The van der Waals surface area contributed by atoms with Crippen molar-refractivity contribution < 1.29 is 14.3 Å². The number of nitrogens with zero attached hydrogens (tertiary/aromatic N) is 4. The number of aromatic nitrogens is 3. The molecule has 33 heavy (non-hydrogen) atoms. The topological polar surface area (TPSA) is 76.8 Å². The van der Waals surface area contributed by atoms with Crippen LogP contribution >= 0.6 is 11.8 Å². The fraction of sp³-hybridized carbons (Fsp3) is 0.360. The molecule has 0 spiro atoms. The van der Waals surface area contributed by atoms with Crippen molar-refractivity contribution in [3.63, 3.8) is 0 Å². The van der Waals surface area contributed by atoms with E-state index in [4.69, 9.17) is 14.7 Å². The van der Waals surface area contributed by atoms with Gasteiger partial charge >= 0.3 is 5.97 Å². The van der Waals surface area contributed by atoms with Crippen LogP contribution in [0.2, 0.25) is 0 Å². The highest BCUT2D eigenvalue weighted by molar-refractivity contribution is 8.00. The molecule has 170 valence electrons. The summed E-state index contributed by atoms with van der Waals surface area (Å²) in [5, 5.41) is 1.42. The lowest BCUT2D eigenvalue weighted by Gasteiger charge is -2.32. The van der Waals surface area contributed by atoms with Crippen LogP contribution in [0, 0.1) is 5.92 Å². The first-order chi connectivity index (χ1) is 16.1. The maximum absolute atomic E-state index is 13.2. The van der Waals surface area contributed by atoms with Crippen molar-refractivity contribution in [3.05, 3.63) is 48.5 Å². The molecule has 0 saturated carbocycles. The Morgan fingerprint density at radius 1 is 1.06 bits per heavy atom. The number of fused-ring (bicyclic) bond motifs is 5. The number of carbonyl (C=O) groups is 2. The summed E-state index contributed by atoms with van der Waals surface area (Å²) in [7, 11) is 0. The minimum atomic E-state index is -0.317. The van der Waals surface area contributed by atoms with Gasteiger partial charge < -0.3 is 9.64 Å². The molecule has 0 radical (unpaired) electrons. The van der Waals surface area contributed by atoms with E-state index in [2.05, 4.69) is 4.40 Å². The van der Waals surface area contributed by atoms with E-state index in [1.807, 2.05) is 67.3 Å². The molecule has 1 amide bonds. The summed E-state index contributed by atoms with van der Waals surface area (Å²) in [4.78, 5) is 36.9. The average Bonchev–Trinajstić information content (AvgIpc) is 3.24. The summed E-state index contributed by atoms with van der Waals surface area (Å²) >= 11 is 1.45. The third-order valence-corrected chi connectivity index (χ3v) is 7.21. The van der Waals surface area contributed by atoms with Gasteiger partial charge in [-0.1, -0.05) is 36.0 Å². The lowest BCUT2D eigenvalue weighted by molar-refractivity contribution is -0.151. The van der Waals surface area contributed by atoms with Gasteiger partial charge in [0.15, 0.2) is 5.16 Å². The first-order valence-corrected chi connectivity index (χ1v) is 12.2. The van der Waals surface area contributed by atoms with E-state index < -0.39 is 0 Å². The largest absolute Gasteiger partial charge is 0.466 e. The number of rotatable bonds is 5. The van der Waals surface area contributed by atoms with Crippen LogP contribution in [0.1, 0.15) is 26.7 Å². The number of likely N-dealkylation sites (tertiary alicyclic amines) is 1. The third-order valence-electron chi connectivity index (χ3n) is 6.17. The van der Waals surface area contributed by atoms with E-state index in [9.17, 15) is 9.59 Å². The Morgan fingerprint density at radius 3 is 2.52 bits per heavy atom. The molecule has 3 heterocycles. The highest BCUT2D eigenvalue weighted by Gasteiger charge is 2.31. The van der Waals surface area contributed by atoms with E-state index in [0.29, 0.717) is 32.5 Å². The van der Waals surface area contributed by atoms with Crippen LogP contribution in [0.15, 0.2) is 53.7 Å². The van der Waals surface area contributed by atoms with E-state index in [-0.39, 0.29) is 23.0 Å². The molecule has 0 N–H and O–H groups in total. The molecule has 1 saturated heterocycles. The Hall–Kier alpha value is -3.13. The molecule has 8 heteroatoms. The molecule has 1 unspecified atom stereocenters. The van der Waals surface area contributed by atoms with Crippen molar-refractivity contribution in [1.82, 2.24) is 19.3 Å². The standard InChI is InChI=1S/C25H26N4O3S/c1-3-32-24(31)17-12-14-28(15-13-17)23(30)16(2)33-25-27-19-9-5-4-8-18(19)22-26-20-10-6-7-11-21(20)29(22)25/h4-11,16-17H,3,12-15H2,1-2H3. The van der Waals surface area contributed by atoms with Gasteiger partial charge in [-0.05, 0) is 51.0 Å². The second-order valence-electron chi connectivity index (χ2n) is 8.28. The number of piperidine rings is 1. The van der Waals surface area contributed by atoms with E-state index in [0.717, 1.165) is 32.7 Å². The summed E-state index contributed by atoms with van der Waals surface area (Å²) in [5.74, 6) is -0.201. The van der Waals surface area contributed by atoms with Gasteiger partial charge in [-0.15, -0.1) is 0 Å². The molecular formula is C25H26N4O3S. The van der Waals surface area contributed by atoms with Crippen LogP contribution in [0.4, 0.5) is 0 Å². The number of carbonyl (C=O) groups excluding carboxylic acids is 2. The Bertz CT molecular complexity index is 1340. The summed E-state index contributed by atoms with van der Waals surface area (Å²) in [6.07, 6.45) is 1.29. The van der Waals surface area contributed by atoms with Crippen LogP contribution < -0.4 is 0 Å². The Kier molecular flexibility index (Phi) is 5.93. The number of ether oxygens (including phenoxy) is 1. The third kappa shape index (κ3) is 4.04. The molecule has 7 nitrogen and oxygen atoms in total. The van der Waals surface area contributed by atoms with Crippen molar-refractivity contribution in [3.8, 4) is 0 Å². The minimum absolute atomic E-state index is 0.0647. The fourth-order valence-electron chi connectivity index (χ4n) is 4.45. The van der Waals surface area contributed by atoms with Crippen LogP contribution in [-0.4, -0.2) is 56.1 Å². The average molecular weight is 463 g/mol. The van der Waals surface area contributed by atoms with Crippen LogP contribution in [0.3, 0.4) is 0 Å². The van der Waals surface area contributed by atoms with Gasteiger partial charge in [0.25, 0.3) is 0 Å². The molecule has 0 bridgehead atoms. The monoisotopic (exact) mass is 462 g/mol. The highest BCUT2D eigenvalue weighted by atomic mass is 32.2. The first-order valence-electron chi connectivity index (χ1n) is 11.3. The van der Waals surface area contributed by atoms with E-state index in [1.165, 1.54) is 11.8 Å². The summed E-state index contributed by atoms with van der Waals surface area (Å²) in [5.41, 5.74) is 3.58. The van der Waals surface area contributed by atoms with Crippen molar-refractivity contribution in [2.45, 2.75) is 37.1 Å². The molecular weight excluding hydrogens is 436 g/mol. The second-order valence-corrected chi connectivity index (χ2v) is 9.59. The van der Waals surface area contributed by atoms with E-state index >= 15 is 0 Å². The summed E-state index contributed by atoms with van der Waals surface area (Å²) < 4.78 is 7.20. The molecule has 5 rings (SSSR count). The maximum atomic E-state index is 13.2. The van der Waals surface area contributed by atoms with Gasteiger partial charge in [-0.25, -0.2) is 9.97 Å². The molecule has 0 aliphatic carbocycles. The van der Waals surface area contributed by atoms with Crippen LogP contribution in [-0.2, 0) is 14.3 Å². The summed E-state index contributed by atoms with van der Waals surface area (Å²) in [6, 6.07) is 15.9. The lowest BCUT2D eigenvalue weighted by atomic mass is 9.97. The van der Waals surface area contributed by atoms with E-state index in [1.54, 1.807) is 0 Å². The Labute approximate surface area is 196 Å². The van der Waals surface area contributed by atoms with Crippen LogP contribution in [0.25, 0.3) is 27.6 Å². The van der Waals surface area contributed by atoms with Crippen LogP contribution in [0.5, 0.6) is 0 Å². The smallest absolute Gasteiger partial charge is 0.309 e. The number of hydrogen-bond donors (Lipinski definition) is 0. The normalized spacial score (nSPS) is 15.9. The van der Waals surface area contributed by atoms with Gasteiger partial charge in [0.1, 0.15) is 5.65 Å². The minimum Gasteiger partial charge on any atom is -0.466 e. The number of benzene rings is 2. The van der Waals surface area contributed by atoms with Gasteiger partial charge in [0.05, 0.1) is 34.3 Å². The molecule has 1 atom stereocenters.